The van der Waals surface area contributed by atoms with E-state index in [4.69, 9.17) is 9.47 Å². The molecular weight excluding hydrogens is 300 g/mol. The first-order valence-electron chi connectivity index (χ1n) is 5.64. The molecular formula is C12H15BrN2O3. The number of methoxy groups -OCH3 is 1. The number of hydrogen-bond donors (Lipinski definition) is 1. The van der Waals surface area contributed by atoms with Crippen molar-refractivity contribution in [3.63, 3.8) is 0 Å². The largest absolute Gasteiger partial charge is 0.504 e. The highest BCUT2D eigenvalue weighted by atomic mass is 79.9. The second kappa shape index (κ2) is 6.06. The number of nitrogens with zero attached hydrogens (tertiary/aromatic N) is 2. The SMILES string of the molecule is COc1cc(Br)c(/C=N\N2CCOCC2)cc1O. The van der Waals surface area contributed by atoms with Gasteiger partial charge >= 0.3 is 0 Å². The van der Waals surface area contributed by atoms with Gasteiger partial charge in [-0.2, -0.15) is 5.10 Å². The molecule has 1 aliphatic heterocycles. The minimum absolute atomic E-state index is 0.101. The quantitative estimate of drug-likeness (QED) is 0.865. The third-order valence-corrected chi connectivity index (χ3v) is 3.33. The van der Waals surface area contributed by atoms with Crippen molar-refractivity contribution in [2.75, 3.05) is 33.4 Å². The summed E-state index contributed by atoms with van der Waals surface area (Å²) in [4.78, 5) is 0. The Labute approximate surface area is 114 Å². The van der Waals surface area contributed by atoms with Gasteiger partial charge in [0.05, 0.1) is 39.6 Å². The first kappa shape index (κ1) is 13.2. The van der Waals surface area contributed by atoms with Crippen molar-refractivity contribution in [1.82, 2.24) is 5.01 Å². The summed E-state index contributed by atoms with van der Waals surface area (Å²) in [7, 11) is 1.52. The summed E-state index contributed by atoms with van der Waals surface area (Å²) in [5.74, 6) is 0.537. The third-order valence-electron chi connectivity index (χ3n) is 2.65. The normalized spacial score (nSPS) is 16.2. The molecule has 1 fully saturated rings. The van der Waals surface area contributed by atoms with Gasteiger partial charge in [-0.05, 0) is 28.1 Å². The van der Waals surface area contributed by atoms with Crippen molar-refractivity contribution in [3.05, 3.63) is 22.2 Å². The number of ether oxygens (including phenoxy) is 2. The molecule has 1 heterocycles. The molecule has 0 aromatic heterocycles. The molecule has 98 valence electrons. The first-order valence-corrected chi connectivity index (χ1v) is 6.43. The van der Waals surface area contributed by atoms with E-state index >= 15 is 0 Å². The smallest absolute Gasteiger partial charge is 0.161 e. The monoisotopic (exact) mass is 314 g/mol. The van der Waals surface area contributed by atoms with Crippen LogP contribution in [0.15, 0.2) is 21.7 Å². The number of phenolic OH excluding ortho intramolecular Hbond substituents is 1. The number of rotatable bonds is 3. The Morgan fingerprint density at radius 2 is 2.17 bits per heavy atom. The van der Waals surface area contributed by atoms with Crippen LogP contribution in [0.2, 0.25) is 0 Å². The molecule has 1 aliphatic rings. The van der Waals surface area contributed by atoms with Gasteiger partial charge in [0, 0.05) is 10.0 Å². The fourth-order valence-corrected chi connectivity index (χ4v) is 2.06. The highest BCUT2D eigenvalue weighted by Crippen LogP contribution is 2.31. The van der Waals surface area contributed by atoms with Gasteiger partial charge < -0.3 is 14.6 Å². The summed E-state index contributed by atoms with van der Waals surface area (Å²) in [5, 5.41) is 16.0. The molecule has 1 saturated heterocycles. The van der Waals surface area contributed by atoms with Crippen LogP contribution in [-0.4, -0.2) is 49.7 Å². The van der Waals surface area contributed by atoms with Gasteiger partial charge in [0.1, 0.15) is 0 Å². The van der Waals surface area contributed by atoms with Crippen molar-refractivity contribution in [1.29, 1.82) is 0 Å². The number of morpholine rings is 1. The zero-order chi connectivity index (χ0) is 13.0. The van der Waals surface area contributed by atoms with Crippen LogP contribution in [0.1, 0.15) is 5.56 Å². The van der Waals surface area contributed by atoms with E-state index in [0.29, 0.717) is 19.0 Å². The Morgan fingerprint density at radius 1 is 1.44 bits per heavy atom. The van der Waals surface area contributed by atoms with Crippen molar-refractivity contribution >= 4 is 22.1 Å². The molecule has 5 nitrogen and oxygen atoms in total. The van der Waals surface area contributed by atoms with E-state index in [1.54, 1.807) is 18.3 Å². The fraction of sp³-hybridized carbons (Fsp3) is 0.417. The number of halogens is 1. The highest BCUT2D eigenvalue weighted by Gasteiger charge is 2.09. The van der Waals surface area contributed by atoms with Gasteiger partial charge in [-0.1, -0.05) is 0 Å². The van der Waals surface area contributed by atoms with Crippen LogP contribution in [-0.2, 0) is 4.74 Å². The Morgan fingerprint density at radius 3 is 2.83 bits per heavy atom. The second-order valence-corrected chi connectivity index (χ2v) is 4.71. The van der Waals surface area contributed by atoms with Crippen LogP contribution in [0.4, 0.5) is 0 Å². The van der Waals surface area contributed by atoms with E-state index in [-0.39, 0.29) is 5.75 Å². The molecule has 0 atom stereocenters. The van der Waals surface area contributed by atoms with E-state index < -0.39 is 0 Å². The molecule has 0 spiro atoms. The van der Waals surface area contributed by atoms with Crippen LogP contribution in [0.25, 0.3) is 0 Å². The van der Waals surface area contributed by atoms with Crippen molar-refractivity contribution in [2.24, 2.45) is 5.10 Å². The minimum atomic E-state index is 0.101. The first-order chi connectivity index (χ1) is 8.70. The predicted octanol–water partition coefficient (Wildman–Crippen LogP) is 1.83. The Bertz CT molecular complexity index is 445. The fourth-order valence-electron chi connectivity index (χ4n) is 1.64. The molecule has 0 unspecified atom stereocenters. The lowest BCUT2D eigenvalue weighted by atomic mass is 10.2. The van der Waals surface area contributed by atoms with Gasteiger partial charge in [-0.25, -0.2) is 0 Å². The molecule has 0 amide bonds. The average molecular weight is 315 g/mol. The van der Waals surface area contributed by atoms with Crippen molar-refractivity contribution < 1.29 is 14.6 Å². The van der Waals surface area contributed by atoms with Crippen LogP contribution in [0.3, 0.4) is 0 Å². The number of benzene rings is 1. The maximum absolute atomic E-state index is 9.71. The third kappa shape index (κ3) is 3.14. The standard InChI is InChI=1S/C12H15BrN2O3/c1-17-12-7-10(13)9(6-11(12)16)8-14-15-2-4-18-5-3-15/h6-8,16H,2-5H2,1H3/b14-8-. The molecule has 0 saturated carbocycles. The Balaban J connectivity index is 2.13. The molecule has 0 aliphatic carbocycles. The van der Waals surface area contributed by atoms with Gasteiger partial charge in [0.25, 0.3) is 0 Å². The van der Waals surface area contributed by atoms with Crippen LogP contribution < -0.4 is 4.74 Å². The molecule has 0 bridgehead atoms. The summed E-state index contributed by atoms with van der Waals surface area (Å²) in [6.45, 7) is 2.98. The van der Waals surface area contributed by atoms with Gasteiger partial charge in [0.15, 0.2) is 11.5 Å². The van der Waals surface area contributed by atoms with Gasteiger partial charge in [-0.3, -0.25) is 5.01 Å². The minimum Gasteiger partial charge on any atom is -0.504 e. The summed E-state index contributed by atoms with van der Waals surface area (Å²) < 4.78 is 11.1. The maximum Gasteiger partial charge on any atom is 0.161 e. The average Bonchev–Trinajstić information content (AvgIpc) is 2.40. The summed E-state index contributed by atoms with van der Waals surface area (Å²) in [6.07, 6.45) is 1.72. The number of hydrazone groups is 1. The zero-order valence-corrected chi connectivity index (χ0v) is 11.7. The Hall–Kier alpha value is -1.27. The number of phenols is 1. The summed E-state index contributed by atoms with van der Waals surface area (Å²) in [6, 6.07) is 3.34. The molecule has 2 rings (SSSR count). The van der Waals surface area contributed by atoms with E-state index in [1.807, 2.05) is 5.01 Å². The van der Waals surface area contributed by atoms with E-state index in [9.17, 15) is 5.11 Å². The van der Waals surface area contributed by atoms with Crippen LogP contribution >= 0.6 is 15.9 Å². The van der Waals surface area contributed by atoms with Crippen LogP contribution in [0, 0.1) is 0 Å². The summed E-state index contributed by atoms with van der Waals surface area (Å²) in [5.41, 5.74) is 0.805. The molecule has 6 heteroatoms. The Kier molecular flexibility index (Phi) is 4.43. The molecule has 0 radical (unpaired) electrons. The highest BCUT2D eigenvalue weighted by molar-refractivity contribution is 9.10. The maximum atomic E-state index is 9.71. The van der Waals surface area contributed by atoms with Crippen LogP contribution in [0.5, 0.6) is 11.5 Å². The summed E-state index contributed by atoms with van der Waals surface area (Å²) >= 11 is 3.42. The molecule has 1 N–H and O–H groups in total. The van der Waals surface area contributed by atoms with E-state index in [2.05, 4.69) is 21.0 Å². The molecule has 1 aromatic carbocycles. The van der Waals surface area contributed by atoms with Gasteiger partial charge in [-0.15, -0.1) is 0 Å². The van der Waals surface area contributed by atoms with Crippen molar-refractivity contribution in [3.8, 4) is 11.5 Å². The van der Waals surface area contributed by atoms with Gasteiger partial charge in [0.2, 0.25) is 0 Å². The topological polar surface area (TPSA) is 54.3 Å². The second-order valence-electron chi connectivity index (χ2n) is 3.86. The zero-order valence-electron chi connectivity index (χ0n) is 10.1. The van der Waals surface area contributed by atoms with Crippen molar-refractivity contribution in [2.45, 2.75) is 0 Å². The molecule has 18 heavy (non-hydrogen) atoms. The van der Waals surface area contributed by atoms with E-state index in [1.165, 1.54) is 7.11 Å². The molecule has 1 aromatic rings. The lowest BCUT2D eigenvalue weighted by Crippen LogP contribution is -2.32. The lowest BCUT2D eigenvalue weighted by molar-refractivity contribution is 0.0397. The predicted molar refractivity (Wildman–Crippen MR) is 72.3 cm³/mol. The number of aromatic hydroxyl groups is 1. The van der Waals surface area contributed by atoms with E-state index in [0.717, 1.165) is 23.1 Å². The lowest BCUT2D eigenvalue weighted by Gasteiger charge is -2.23. The number of hydrogen-bond acceptors (Lipinski definition) is 5.